The molecule has 7 nitrogen and oxygen atoms in total. The Kier molecular flexibility index (Phi) is 6.33. The zero-order valence-corrected chi connectivity index (χ0v) is 13.3. The van der Waals surface area contributed by atoms with Gasteiger partial charge in [0.1, 0.15) is 17.4 Å². The highest BCUT2D eigenvalue weighted by atomic mass is 35.5. The summed E-state index contributed by atoms with van der Waals surface area (Å²) >= 11 is 6.01. The van der Waals surface area contributed by atoms with Crippen LogP contribution in [0, 0.1) is 0 Å². The molecule has 0 radical (unpaired) electrons. The number of nitrogen functional groups attached to an aromatic ring is 4. The van der Waals surface area contributed by atoms with Gasteiger partial charge in [0.15, 0.2) is 0 Å². The Morgan fingerprint density at radius 3 is 2.27 bits per heavy atom. The second-order valence-corrected chi connectivity index (χ2v) is 4.88. The lowest BCUT2D eigenvalue weighted by Gasteiger charge is -2.10. The molecule has 1 heterocycles. The Morgan fingerprint density at radius 1 is 1.05 bits per heavy atom. The molecule has 2 rings (SSSR count). The first kappa shape index (κ1) is 17.9. The van der Waals surface area contributed by atoms with Crippen molar-refractivity contribution in [1.82, 2.24) is 9.97 Å². The van der Waals surface area contributed by atoms with E-state index in [0.717, 1.165) is 0 Å². The molecule has 1 aromatic heterocycles. The van der Waals surface area contributed by atoms with E-state index in [1.807, 2.05) is 0 Å². The normalized spacial score (nSPS) is 10.0. The number of nitrogens with two attached hydrogens (primary N) is 4. The number of hydrogen-bond donors (Lipinski definition) is 4. The smallest absolute Gasteiger partial charge is 0.223 e. The Labute approximate surface area is 139 Å². The van der Waals surface area contributed by atoms with Gasteiger partial charge in [-0.2, -0.15) is 9.97 Å². The van der Waals surface area contributed by atoms with Crippen molar-refractivity contribution >= 4 is 47.3 Å². The van der Waals surface area contributed by atoms with Crippen LogP contribution in [0.25, 0.3) is 0 Å². The molecule has 0 bridgehead atoms. The standard InChI is InChI=1S/C13H17ClN6O.ClH/c14-9-6-7(15)3-4-10(9)21-5-1-2-8-11(16)19-13(18)20-12(8)17;/h3-4,6H,1-2,5,15H2,(H6,16,17,18,19,20);1H. The van der Waals surface area contributed by atoms with Crippen LogP contribution in [-0.2, 0) is 6.42 Å². The zero-order chi connectivity index (χ0) is 15.4. The van der Waals surface area contributed by atoms with Crippen molar-refractivity contribution in [1.29, 1.82) is 0 Å². The molecule has 9 heteroatoms. The number of nitrogens with zero attached hydrogens (tertiary/aromatic N) is 2. The first-order chi connectivity index (χ1) is 9.97. The van der Waals surface area contributed by atoms with Gasteiger partial charge in [-0.1, -0.05) is 11.6 Å². The van der Waals surface area contributed by atoms with Crippen molar-refractivity contribution in [3.63, 3.8) is 0 Å². The third-order valence-corrected chi connectivity index (χ3v) is 3.17. The molecule has 0 amide bonds. The van der Waals surface area contributed by atoms with E-state index in [2.05, 4.69) is 9.97 Å². The van der Waals surface area contributed by atoms with Gasteiger partial charge in [0, 0.05) is 11.3 Å². The number of aromatic nitrogens is 2. The molecule has 1 aromatic carbocycles. The second-order valence-electron chi connectivity index (χ2n) is 4.47. The molecule has 0 aliphatic heterocycles. The van der Waals surface area contributed by atoms with E-state index in [9.17, 15) is 0 Å². The fourth-order valence-electron chi connectivity index (χ4n) is 1.86. The summed E-state index contributed by atoms with van der Waals surface area (Å²) < 4.78 is 5.58. The van der Waals surface area contributed by atoms with E-state index in [-0.39, 0.29) is 18.4 Å². The van der Waals surface area contributed by atoms with Crippen molar-refractivity contribution in [3.8, 4) is 5.75 Å². The lowest BCUT2D eigenvalue weighted by atomic mass is 10.1. The number of benzene rings is 1. The largest absolute Gasteiger partial charge is 0.492 e. The Morgan fingerprint density at radius 2 is 1.68 bits per heavy atom. The van der Waals surface area contributed by atoms with E-state index in [0.29, 0.717) is 53.1 Å². The minimum absolute atomic E-state index is 0. The van der Waals surface area contributed by atoms with Crippen LogP contribution in [0.1, 0.15) is 12.0 Å². The molecule has 8 N–H and O–H groups in total. The molecular formula is C13H18Cl2N6O. The van der Waals surface area contributed by atoms with Crippen LogP contribution in [-0.4, -0.2) is 16.6 Å². The van der Waals surface area contributed by atoms with Crippen LogP contribution in [0.15, 0.2) is 18.2 Å². The average molecular weight is 345 g/mol. The highest BCUT2D eigenvalue weighted by molar-refractivity contribution is 6.32. The summed E-state index contributed by atoms with van der Waals surface area (Å²) in [6.45, 7) is 0.451. The minimum atomic E-state index is 0. The highest BCUT2D eigenvalue weighted by Crippen LogP contribution is 2.26. The van der Waals surface area contributed by atoms with Gasteiger partial charge >= 0.3 is 0 Å². The van der Waals surface area contributed by atoms with E-state index in [4.69, 9.17) is 39.3 Å². The lowest BCUT2D eigenvalue weighted by Crippen LogP contribution is -2.10. The first-order valence-electron chi connectivity index (χ1n) is 6.32. The van der Waals surface area contributed by atoms with Crippen molar-refractivity contribution in [3.05, 3.63) is 28.8 Å². The quantitative estimate of drug-likeness (QED) is 0.479. The van der Waals surface area contributed by atoms with Crippen LogP contribution < -0.4 is 27.7 Å². The maximum absolute atomic E-state index is 6.01. The van der Waals surface area contributed by atoms with E-state index >= 15 is 0 Å². The fourth-order valence-corrected chi connectivity index (χ4v) is 2.10. The lowest BCUT2D eigenvalue weighted by molar-refractivity contribution is 0.311. The third kappa shape index (κ3) is 4.44. The number of halogens is 2. The van der Waals surface area contributed by atoms with E-state index in [1.165, 1.54) is 0 Å². The van der Waals surface area contributed by atoms with Crippen molar-refractivity contribution in [2.45, 2.75) is 12.8 Å². The van der Waals surface area contributed by atoms with Crippen molar-refractivity contribution in [2.24, 2.45) is 0 Å². The van der Waals surface area contributed by atoms with Crippen molar-refractivity contribution < 1.29 is 4.74 Å². The van der Waals surface area contributed by atoms with Crippen LogP contribution in [0.5, 0.6) is 5.75 Å². The number of ether oxygens (including phenoxy) is 1. The van der Waals surface area contributed by atoms with Gasteiger partial charge in [-0.05, 0) is 31.0 Å². The third-order valence-electron chi connectivity index (χ3n) is 2.87. The predicted octanol–water partition coefficient (Wildman–Crippen LogP) is 1.89. The number of rotatable bonds is 5. The Balaban J connectivity index is 0.00000242. The van der Waals surface area contributed by atoms with Gasteiger partial charge in [-0.15, -0.1) is 12.4 Å². The topological polar surface area (TPSA) is 139 Å². The second kappa shape index (κ2) is 7.77. The molecular weight excluding hydrogens is 327 g/mol. The van der Waals surface area contributed by atoms with Gasteiger partial charge in [-0.25, -0.2) is 0 Å². The monoisotopic (exact) mass is 344 g/mol. The van der Waals surface area contributed by atoms with Crippen LogP contribution >= 0.6 is 24.0 Å². The maximum atomic E-state index is 6.01. The summed E-state index contributed by atoms with van der Waals surface area (Å²) in [5, 5.41) is 0.477. The van der Waals surface area contributed by atoms with Gasteiger partial charge in [0.05, 0.1) is 11.6 Å². The maximum Gasteiger partial charge on any atom is 0.223 e. The van der Waals surface area contributed by atoms with Gasteiger partial charge in [-0.3, -0.25) is 0 Å². The molecule has 0 fully saturated rings. The molecule has 0 aliphatic carbocycles. The molecule has 0 unspecified atom stereocenters. The molecule has 120 valence electrons. The summed E-state index contributed by atoms with van der Waals surface area (Å²) in [5.41, 5.74) is 23.9. The SMILES string of the molecule is Cl.Nc1ccc(OCCCc2c(N)nc(N)nc2N)c(Cl)c1. The van der Waals surface area contributed by atoms with E-state index < -0.39 is 0 Å². The minimum Gasteiger partial charge on any atom is -0.492 e. The molecule has 0 aliphatic rings. The number of anilines is 4. The van der Waals surface area contributed by atoms with Crippen molar-refractivity contribution in [2.75, 3.05) is 29.5 Å². The van der Waals surface area contributed by atoms with E-state index in [1.54, 1.807) is 18.2 Å². The Bertz CT molecular complexity index is 629. The highest BCUT2D eigenvalue weighted by Gasteiger charge is 2.09. The predicted molar refractivity (Wildman–Crippen MR) is 92.2 cm³/mol. The summed E-state index contributed by atoms with van der Waals surface area (Å²) in [5.74, 6) is 1.25. The number of hydrogen-bond acceptors (Lipinski definition) is 7. The molecule has 0 saturated heterocycles. The molecule has 2 aromatic rings. The van der Waals surface area contributed by atoms with Gasteiger partial charge in [0.2, 0.25) is 5.95 Å². The van der Waals surface area contributed by atoms with Crippen LogP contribution in [0.2, 0.25) is 5.02 Å². The molecule has 0 atom stereocenters. The first-order valence-corrected chi connectivity index (χ1v) is 6.70. The zero-order valence-electron chi connectivity index (χ0n) is 11.8. The van der Waals surface area contributed by atoms with Gasteiger partial charge in [0.25, 0.3) is 0 Å². The fraction of sp³-hybridized carbons (Fsp3) is 0.231. The molecule has 22 heavy (non-hydrogen) atoms. The summed E-state index contributed by atoms with van der Waals surface area (Å²) in [6.07, 6.45) is 1.27. The van der Waals surface area contributed by atoms with Crippen LogP contribution in [0.3, 0.4) is 0 Å². The average Bonchev–Trinajstić information content (AvgIpc) is 2.38. The molecule has 0 saturated carbocycles. The molecule has 0 spiro atoms. The summed E-state index contributed by atoms with van der Waals surface area (Å²) in [6, 6.07) is 5.10. The Hall–Kier alpha value is -2.12. The van der Waals surface area contributed by atoms with Crippen LogP contribution in [0.4, 0.5) is 23.3 Å². The summed E-state index contributed by atoms with van der Waals surface area (Å²) in [7, 11) is 0. The summed E-state index contributed by atoms with van der Waals surface area (Å²) in [4.78, 5) is 7.77. The van der Waals surface area contributed by atoms with Gasteiger partial charge < -0.3 is 27.7 Å².